The van der Waals surface area contributed by atoms with Crippen molar-refractivity contribution in [2.75, 3.05) is 5.73 Å². The number of aryl methyl sites for hydroxylation is 1. The molecule has 2 N–H and O–H groups in total. The molecule has 0 aliphatic heterocycles. The SMILES string of the molecule is CC.Cc1cc(Br)c(F)nc1N. The molecule has 4 heteroatoms. The fraction of sp³-hybridized carbons (Fsp3) is 0.375. The molecule has 0 amide bonds. The lowest BCUT2D eigenvalue weighted by Gasteiger charge is -1.98. The van der Waals surface area contributed by atoms with Gasteiger partial charge in [0.1, 0.15) is 5.82 Å². The minimum atomic E-state index is -0.567. The molecule has 0 unspecified atom stereocenters. The molecule has 0 bridgehead atoms. The first-order chi connectivity index (χ1) is 5.61. The molecule has 0 spiro atoms. The molecule has 1 aromatic heterocycles. The zero-order chi connectivity index (χ0) is 9.72. The number of hydrogen-bond donors (Lipinski definition) is 1. The minimum absolute atomic E-state index is 0.237. The highest BCUT2D eigenvalue weighted by Crippen LogP contribution is 2.17. The maximum atomic E-state index is 12.5. The van der Waals surface area contributed by atoms with Crippen LogP contribution in [0.3, 0.4) is 0 Å². The maximum absolute atomic E-state index is 12.5. The lowest BCUT2D eigenvalue weighted by molar-refractivity contribution is 0.578. The maximum Gasteiger partial charge on any atom is 0.229 e. The minimum Gasteiger partial charge on any atom is -0.383 e. The van der Waals surface area contributed by atoms with Gasteiger partial charge in [0.15, 0.2) is 0 Å². The Labute approximate surface area is 80.1 Å². The van der Waals surface area contributed by atoms with E-state index in [1.807, 2.05) is 13.8 Å². The summed E-state index contributed by atoms with van der Waals surface area (Å²) >= 11 is 2.99. The van der Waals surface area contributed by atoms with Gasteiger partial charge in [-0.2, -0.15) is 4.39 Å². The number of nitrogen functional groups attached to an aromatic ring is 1. The van der Waals surface area contributed by atoms with Crippen LogP contribution in [0.4, 0.5) is 10.2 Å². The summed E-state index contributed by atoms with van der Waals surface area (Å²) in [5.41, 5.74) is 6.09. The van der Waals surface area contributed by atoms with Gasteiger partial charge in [-0.3, -0.25) is 0 Å². The highest BCUT2D eigenvalue weighted by atomic mass is 79.9. The Morgan fingerprint density at radius 3 is 2.42 bits per heavy atom. The monoisotopic (exact) mass is 234 g/mol. The zero-order valence-corrected chi connectivity index (χ0v) is 8.94. The van der Waals surface area contributed by atoms with Gasteiger partial charge < -0.3 is 5.73 Å². The molecule has 0 aliphatic rings. The number of nitrogens with two attached hydrogens (primary N) is 1. The first-order valence-corrected chi connectivity index (χ1v) is 4.48. The predicted octanol–water partition coefficient (Wildman–Crippen LogP) is 2.90. The fourth-order valence-electron chi connectivity index (χ4n) is 0.571. The van der Waals surface area contributed by atoms with Crippen LogP contribution in [-0.2, 0) is 0 Å². The molecule has 2 nitrogen and oxygen atoms in total. The molecule has 0 saturated carbocycles. The molecule has 0 saturated heterocycles. The third-order valence-electron chi connectivity index (χ3n) is 1.16. The average Bonchev–Trinajstić information content (AvgIpc) is 2.05. The summed E-state index contributed by atoms with van der Waals surface area (Å²) in [6.07, 6.45) is 0. The molecule has 0 aromatic carbocycles. The Kier molecular flexibility index (Phi) is 4.81. The summed E-state index contributed by atoms with van der Waals surface area (Å²) in [6.45, 7) is 5.77. The third-order valence-corrected chi connectivity index (χ3v) is 1.72. The normalized spacial score (nSPS) is 8.75. The van der Waals surface area contributed by atoms with Crippen molar-refractivity contribution in [2.45, 2.75) is 20.8 Å². The van der Waals surface area contributed by atoms with Crippen LogP contribution in [0.1, 0.15) is 19.4 Å². The van der Waals surface area contributed by atoms with Crippen molar-refractivity contribution in [2.24, 2.45) is 0 Å². The van der Waals surface area contributed by atoms with E-state index in [0.717, 1.165) is 5.56 Å². The lowest BCUT2D eigenvalue weighted by atomic mass is 10.3. The molecule has 1 aromatic rings. The molecule has 1 heterocycles. The number of halogens is 2. The van der Waals surface area contributed by atoms with Gasteiger partial charge in [-0.15, -0.1) is 0 Å². The second-order valence-corrected chi connectivity index (χ2v) is 2.82. The number of aromatic nitrogens is 1. The van der Waals surface area contributed by atoms with Crippen LogP contribution >= 0.6 is 15.9 Å². The van der Waals surface area contributed by atoms with Crippen molar-refractivity contribution in [3.63, 3.8) is 0 Å². The molecular weight excluding hydrogens is 223 g/mol. The van der Waals surface area contributed by atoms with Gasteiger partial charge in [-0.1, -0.05) is 13.8 Å². The smallest absolute Gasteiger partial charge is 0.229 e. The molecule has 68 valence electrons. The number of pyridine rings is 1. The standard InChI is InChI=1S/C6H6BrFN2.C2H6/c1-3-2-4(7)5(8)10-6(3)9;1-2/h2H,1H3,(H2,9,10);1-2H3. The number of rotatable bonds is 0. The van der Waals surface area contributed by atoms with E-state index in [1.54, 1.807) is 13.0 Å². The van der Waals surface area contributed by atoms with Gasteiger partial charge in [0.25, 0.3) is 0 Å². The van der Waals surface area contributed by atoms with Crippen LogP contribution in [0.2, 0.25) is 0 Å². The molecule has 1 rings (SSSR count). The Morgan fingerprint density at radius 1 is 1.50 bits per heavy atom. The number of hydrogen-bond acceptors (Lipinski definition) is 2. The molecule has 0 aliphatic carbocycles. The molecule has 12 heavy (non-hydrogen) atoms. The van der Waals surface area contributed by atoms with E-state index in [1.165, 1.54) is 0 Å². The number of nitrogens with zero attached hydrogens (tertiary/aromatic N) is 1. The van der Waals surface area contributed by atoms with Gasteiger partial charge >= 0.3 is 0 Å². The van der Waals surface area contributed by atoms with Crippen molar-refractivity contribution in [1.29, 1.82) is 0 Å². The summed E-state index contributed by atoms with van der Waals surface area (Å²) in [4.78, 5) is 3.44. The van der Waals surface area contributed by atoms with Gasteiger partial charge in [-0.25, -0.2) is 4.98 Å². The Hall–Kier alpha value is -0.640. The quantitative estimate of drug-likeness (QED) is 0.702. The fourth-order valence-corrected chi connectivity index (χ4v) is 1.00. The third kappa shape index (κ3) is 2.77. The molecule has 0 fully saturated rings. The summed E-state index contributed by atoms with van der Waals surface area (Å²) in [5.74, 6) is -0.330. The Bertz CT molecular complexity index is 213. The highest BCUT2D eigenvalue weighted by molar-refractivity contribution is 9.10. The van der Waals surface area contributed by atoms with E-state index < -0.39 is 5.95 Å². The predicted molar refractivity (Wildman–Crippen MR) is 52.4 cm³/mol. The van der Waals surface area contributed by atoms with Crippen LogP contribution < -0.4 is 5.73 Å². The van der Waals surface area contributed by atoms with Crippen molar-refractivity contribution in [3.8, 4) is 0 Å². The van der Waals surface area contributed by atoms with Crippen LogP contribution in [-0.4, -0.2) is 4.98 Å². The summed E-state index contributed by atoms with van der Waals surface area (Å²) < 4.78 is 12.9. The van der Waals surface area contributed by atoms with E-state index in [-0.39, 0.29) is 5.82 Å². The summed E-state index contributed by atoms with van der Waals surface area (Å²) in [6, 6.07) is 1.59. The first-order valence-electron chi connectivity index (χ1n) is 3.69. The van der Waals surface area contributed by atoms with Crippen molar-refractivity contribution in [3.05, 3.63) is 22.1 Å². The van der Waals surface area contributed by atoms with Crippen LogP contribution in [0, 0.1) is 12.9 Å². The molecular formula is C8H12BrFN2. The summed E-state index contributed by atoms with van der Waals surface area (Å²) in [7, 11) is 0. The molecule has 0 radical (unpaired) electrons. The van der Waals surface area contributed by atoms with Gasteiger partial charge in [-0.05, 0) is 34.5 Å². The molecule has 0 atom stereocenters. The van der Waals surface area contributed by atoms with Crippen LogP contribution in [0.5, 0.6) is 0 Å². The van der Waals surface area contributed by atoms with E-state index in [9.17, 15) is 4.39 Å². The first kappa shape index (κ1) is 11.4. The topological polar surface area (TPSA) is 38.9 Å². The van der Waals surface area contributed by atoms with Gasteiger partial charge in [0, 0.05) is 0 Å². The zero-order valence-electron chi connectivity index (χ0n) is 7.36. The summed E-state index contributed by atoms with van der Waals surface area (Å²) in [5, 5.41) is 0. The number of anilines is 1. The van der Waals surface area contributed by atoms with Crippen LogP contribution in [0.15, 0.2) is 10.5 Å². The largest absolute Gasteiger partial charge is 0.383 e. The second-order valence-electron chi connectivity index (χ2n) is 1.96. The Morgan fingerprint density at radius 2 is 2.00 bits per heavy atom. The highest BCUT2D eigenvalue weighted by Gasteiger charge is 2.02. The van der Waals surface area contributed by atoms with E-state index in [0.29, 0.717) is 4.47 Å². The lowest BCUT2D eigenvalue weighted by Crippen LogP contribution is -1.96. The van der Waals surface area contributed by atoms with E-state index in [2.05, 4.69) is 20.9 Å². The average molecular weight is 235 g/mol. The van der Waals surface area contributed by atoms with E-state index >= 15 is 0 Å². The van der Waals surface area contributed by atoms with E-state index in [4.69, 9.17) is 5.73 Å². The second kappa shape index (κ2) is 5.09. The van der Waals surface area contributed by atoms with Crippen molar-refractivity contribution < 1.29 is 4.39 Å². The van der Waals surface area contributed by atoms with Crippen LogP contribution in [0.25, 0.3) is 0 Å². The van der Waals surface area contributed by atoms with Crippen molar-refractivity contribution in [1.82, 2.24) is 4.98 Å². The van der Waals surface area contributed by atoms with Gasteiger partial charge in [0.2, 0.25) is 5.95 Å². The van der Waals surface area contributed by atoms with Crippen molar-refractivity contribution >= 4 is 21.7 Å². The van der Waals surface area contributed by atoms with Gasteiger partial charge in [0.05, 0.1) is 4.47 Å². The Balaban J connectivity index is 0.000000561.